The van der Waals surface area contributed by atoms with Crippen LogP contribution in [-0.2, 0) is 14.3 Å². The molecule has 0 fully saturated rings. The Morgan fingerprint density at radius 2 is 1.86 bits per heavy atom. The third kappa shape index (κ3) is 6.86. The largest absolute Gasteiger partial charge is 0.479 e. The minimum Gasteiger partial charge on any atom is -0.479 e. The number of hydrogen-bond acceptors (Lipinski definition) is 3. The van der Waals surface area contributed by atoms with Gasteiger partial charge in [0.2, 0.25) is 0 Å². The van der Waals surface area contributed by atoms with Crippen molar-refractivity contribution in [3.63, 3.8) is 0 Å². The van der Waals surface area contributed by atoms with Crippen LogP contribution in [0, 0.1) is 0 Å². The maximum Gasteiger partial charge on any atom is 0.332 e. The van der Waals surface area contributed by atoms with Gasteiger partial charge in [0.1, 0.15) is 0 Å². The molecule has 14 heavy (non-hydrogen) atoms. The van der Waals surface area contributed by atoms with Crippen molar-refractivity contribution in [2.45, 2.75) is 45.8 Å². The molecule has 1 N–H and O–H groups in total. The van der Waals surface area contributed by atoms with Crippen LogP contribution in [0.25, 0.3) is 0 Å². The van der Waals surface area contributed by atoms with Gasteiger partial charge in [-0.05, 0) is 20.3 Å². The second-order valence-electron chi connectivity index (χ2n) is 3.41. The van der Waals surface area contributed by atoms with Crippen LogP contribution >= 0.6 is 0 Å². The smallest absolute Gasteiger partial charge is 0.332 e. The number of carbonyl (C=O) groups is 1. The third-order valence-corrected chi connectivity index (χ3v) is 1.68. The second kappa shape index (κ2) is 7.76. The number of ether oxygens (including phenoxy) is 2. The Morgan fingerprint density at radius 3 is 2.29 bits per heavy atom. The van der Waals surface area contributed by atoms with Crippen molar-refractivity contribution in [2.24, 2.45) is 0 Å². The van der Waals surface area contributed by atoms with Gasteiger partial charge >= 0.3 is 5.97 Å². The fourth-order valence-electron chi connectivity index (χ4n) is 1.01. The van der Waals surface area contributed by atoms with E-state index in [1.54, 1.807) is 0 Å². The minimum atomic E-state index is -0.892. The molecule has 1 unspecified atom stereocenters. The Balaban J connectivity index is 3.56. The Bertz CT molecular complexity index is 156. The van der Waals surface area contributed by atoms with Crippen LogP contribution in [0.3, 0.4) is 0 Å². The summed E-state index contributed by atoms with van der Waals surface area (Å²) in [7, 11) is 0. The Hall–Kier alpha value is -0.610. The van der Waals surface area contributed by atoms with Crippen LogP contribution in [0.2, 0.25) is 0 Å². The number of rotatable bonds is 8. The lowest BCUT2D eigenvalue weighted by atomic mass is 10.2. The molecule has 4 nitrogen and oxygen atoms in total. The van der Waals surface area contributed by atoms with E-state index in [2.05, 4.69) is 0 Å². The zero-order chi connectivity index (χ0) is 11.0. The number of carboxylic acid groups (broad SMARTS) is 1. The van der Waals surface area contributed by atoms with Crippen molar-refractivity contribution >= 4 is 5.97 Å². The van der Waals surface area contributed by atoms with E-state index in [9.17, 15) is 4.79 Å². The summed E-state index contributed by atoms with van der Waals surface area (Å²) < 4.78 is 10.4. The quantitative estimate of drug-likeness (QED) is 0.611. The van der Waals surface area contributed by atoms with Gasteiger partial charge in [0.25, 0.3) is 0 Å². The van der Waals surface area contributed by atoms with Gasteiger partial charge in [-0.15, -0.1) is 0 Å². The molecule has 4 heteroatoms. The maximum atomic E-state index is 10.7. The molecule has 0 aromatic heterocycles. The molecular formula is C10H20O4. The molecule has 0 saturated carbocycles. The molecule has 0 radical (unpaired) electrons. The van der Waals surface area contributed by atoms with E-state index < -0.39 is 12.1 Å². The van der Waals surface area contributed by atoms with Crippen LogP contribution in [0.15, 0.2) is 0 Å². The molecule has 0 heterocycles. The van der Waals surface area contributed by atoms with Crippen LogP contribution in [0.1, 0.15) is 33.6 Å². The standard InChI is InChI=1S/C10H20O4/c1-4-5-9(10(11)12)14-7-6-13-8(2)3/h8-9H,4-7H2,1-3H3,(H,11,12). The highest BCUT2D eigenvalue weighted by molar-refractivity contribution is 5.72. The molecule has 0 amide bonds. The van der Waals surface area contributed by atoms with Crippen LogP contribution in [0.4, 0.5) is 0 Å². The molecule has 0 aliphatic heterocycles. The van der Waals surface area contributed by atoms with Gasteiger partial charge in [0.15, 0.2) is 6.10 Å². The van der Waals surface area contributed by atoms with Crippen LogP contribution in [-0.4, -0.2) is 36.5 Å². The van der Waals surface area contributed by atoms with Gasteiger partial charge < -0.3 is 14.6 Å². The first-order valence-corrected chi connectivity index (χ1v) is 5.04. The summed E-state index contributed by atoms with van der Waals surface area (Å²) in [6.45, 7) is 6.59. The monoisotopic (exact) mass is 204 g/mol. The number of carboxylic acids is 1. The minimum absolute atomic E-state index is 0.160. The first-order valence-electron chi connectivity index (χ1n) is 5.04. The van der Waals surface area contributed by atoms with Crippen molar-refractivity contribution in [3.8, 4) is 0 Å². The number of aliphatic carboxylic acids is 1. The van der Waals surface area contributed by atoms with Crippen LogP contribution < -0.4 is 0 Å². The van der Waals surface area contributed by atoms with Gasteiger partial charge in [-0.2, -0.15) is 0 Å². The highest BCUT2D eigenvalue weighted by Gasteiger charge is 2.16. The zero-order valence-corrected chi connectivity index (χ0v) is 9.16. The first kappa shape index (κ1) is 13.4. The molecule has 84 valence electrons. The summed E-state index contributed by atoms with van der Waals surface area (Å²) in [4.78, 5) is 10.7. The fraction of sp³-hybridized carbons (Fsp3) is 0.900. The fourth-order valence-corrected chi connectivity index (χ4v) is 1.01. The van der Waals surface area contributed by atoms with E-state index >= 15 is 0 Å². The zero-order valence-electron chi connectivity index (χ0n) is 9.16. The van der Waals surface area contributed by atoms with Crippen molar-refractivity contribution < 1.29 is 19.4 Å². The molecule has 0 aliphatic rings. The molecule has 0 aliphatic carbocycles. The van der Waals surface area contributed by atoms with Crippen LogP contribution in [0.5, 0.6) is 0 Å². The van der Waals surface area contributed by atoms with Gasteiger partial charge in [0.05, 0.1) is 19.3 Å². The van der Waals surface area contributed by atoms with Crippen molar-refractivity contribution in [2.75, 3.05) is 13.2 Å². The maximum absolute atomic E-state index is 10.7. The van der Waals surface area contributed by atoms with E-state index in [0.717, 1.165) is 6.42 Å². The summed E-state index contributed by atoms with van der Waals surface area (Å²) in [6, 6.07) is 0. The molecule has 0 rings (SSSR count). The van der Waals surface area contributed by atoms with E-state index in [-0.39, 0.29) is 6.10 Å². The van der Waals surface area contributed by atoms with E-state index in [0.29, 0.717) is 19.6 Å². The van der Waals surface area contributed by atoms with Crippen molar-refractivity contribution in [3.05, 3.63) is 0 Å². The molecule has 0 saturated heterocycles. The van der Waals surface area contributed by atoms with Gasteiger partial charge in [-0.3, -0.25) is 0 Å². The Labute approximate surface area is 85.2 Å². The van der Waals surface area contributed by atoms with E-state index in [4.69, 9.17) is 14.6 Å². The lowest BCUT2D eigenvalue weighted by Gasteiger charge is -2.13. The lowest BCUT2D eigenvalue weighted by Crippen LogP contribution is -2.25. The summed E-state index contributed by atoms with van der Waals surface area (Å²) in [6.07, 6.45) is 0.836. The molecule has 1 atom stereocenters. The first-order chi connectivity index (χ1) is 6.57. The lowest BCUT2D eigenvalue weighted by molar-refractivity contribution is -0.152. The normalized spacial score (nSPS) is 13.1. The topological polar surface area (TPSA) is 55.8 Å². The molecule has 0 aromatic carbocycles. The van der Waals surface area contributed by atoms with E-state index in [1.165, 1.54) is 0 Å². The SMILES string of the molecule is CCCC(OCCOC(C)C)C(=O)O. The highest BCUT2D eigenvalue weighted by Crippen LogP contribution is 2.02. The summed E-state index contributed by atoms with van der Waals surface area (Å²) >= 11 is 0. The predicted octanol–water partition coefficient (Wildman–Crippen LogP) is 1.68. The highest BCUT2D eigenvalue weighted by atomic mass is 16.5. The second-order valence-corrected chi connectivity index (χ2v) is 3.41. The number of hydrogen-bond donors (Lipinski definition) is 1. The van der Waals surface area contributed by atoms with Gasteiger partial charge in [-0.1, -0.05) is 13.3 Å². The average Bonchev–Trinajstić information content (AvgIpc) is 2.09. The third-order valence-electron chi connectivity index (χ3n) is 1.68. The summed E-state index contributed by atoms with van der Waals surface area (Å²) in [5.41, 5.74) is 0. The molecule has 0 bridgehead atoms. The molecule has 0 aromatic rings. The van der Waals surface area contributed by atoms with Crippen molar-refractivity contribution in [1.82, 2.24) is 0 Å². The van der Waals surface area contributed by atoms with E-state index in [1.807, 2.05) is 20.8 Å². The average molecular weight is 204 g/mol. The van der Waals surface area contributed by atoms with Gasteiger partial charge in [-0.25, -0.2) is 4.79 Å². The summed E-state index contributed by atoms with van der Waals surface area (Å²) in [5.74, 6) is -0.892. The Morgan fingerprint density at radius 1 is 1.29 bits per heavy atom. The van der Waals surface area contributed by atoms with Crippen molar-refractivity contribution in [1.29, 1.82) is 0 Å². The summed E-state index contributed by atoms with van der Waals surface area (Å²) in [5, 5.41) is 8.75. The van der Waals surface area contributed by atoms with Gasteiger partial charge in [0, 0.05) is 0 Å². The molecular weight excluding hydrogens is 184 g/mol. The predicted molar refractivity (Wildman–Crippen MR) is 53.4 cm³/mol. The molecule has 0 spiro atoms. The Kier molecular flexibility index (Phi) is 7.42.